The molecule has 0 aliphatic carbocycles. The zero-order valence-electron chi connectivity index (χ0n) is 19.3. The lowest BCUT2D eigenvalue weighted by Crippen LogP contribution is -2.13. The topological polar surface area (TPSA) is 136 Å². The molecule has 0 atom stereocenters. The van der Waals surface area contributed by atoms with E-state index in [1.54, 1.807) is 13.2 Å². The second-order valence-electron chi connectivity index (χ2n) is 7.60. The first-order valence-electron chi connectivity index (χ1n) is 10.6. The standard InChI is InChI=1S/C24H21N5O5S2/c1-33-18-6-5-7-19(13-18)34-11-10-29-15-17(20-8-3-4-9-21(20)29)12-16(14-25)22(30)26-23-27-24(28-35-23)36(2,31)32/h3-9,12-13,15H,10-11H2,1-2H3,(H,26,27,28,30). The lowest BCUT2D eigenvalue weighted by molar-refractivity contribution is -0.112. The van der Waals surface area contributed by atoms with Crippen molar-refractivity contribution in [3.8, 4) is 17.6 Å². The molecule has 0 aliphatic rings. The van der Waals surface area contributed by atoms with E-state index in [1.807, 2.05) is 59.3 Å². The number of carbonyl (C=O) groups excluding carboxylic acids is 1. The Kier molecular flexibility index (Phi) is 7.33. The summed E-state index contributed by atoms with van der Waals surface area (Å²) in [6.07, 6.45) is 4.30. The molecular formula is C24H21N5O5S2. The van der Waals surface area contributed by atoms with Crippen molar-refractivity contribution in [3.05, 3.63) is 65.9 Å². The second-order valence-corrected chi connectivity index (χ2v) is 10.3. The van der Waals surface area contributed by atoms with Crippen LogP contribution < -0.4 is 14.8 Å². The molecule has 0 saturated carbocycles. The van der Waals surface area contributed by atoms with Crippen molar-refractivity contribution in [2.45, 2.75) is 11.7 Å². The Labute approximate surface area is 211 Å². The van der Waals surface area contributed by atoms with Crippen LogP contribution in [-0.2, 0) is 21.2 Å². The molecule has 2 aromatic heterocycles. The molecule has 1 N–H and O–H groups in total. The molecule has 4 rings (SSSR count). The molecule has 12 heteroatoms. The lowest BCUT2D eigenvalue weighted by atomic mass is 10.1. The summed E-state index contributed by atoms with van der Waals surface area (Å²) < 4.78 is 39.9. The SMILES string of the molecule is COc1cccc(OCCn2cc(C=C(C#N)C(=O)Nc3nc(S(C)(=O)=O)ns3)c3ccccc32)c1. The van der Waals surface area contributed by atoms with Crippen molar-refractivity contribution in [2.24, 2.45) is 0 Å². The first kappa shape index (κ1) is 24.9. The van der Waals surface area contributed by atoms with Gasteiger partial charge in [-0.3, -0.25) is 10.1 Å². The maximum atomic E-state index is 12.7. The number of carbonyl (C=O) groups is 1. The molecular weight excluding hydrogens is 502 g/mol. The number of para-hydroxylation sites is 1. The summed E-state index contributed by atoms with van der Waals surface area (Å²) in [5.41, 5.74) is 1.42. The number of methoxy groups -OCH3 is 1. The fraction of sp³-hybridized carbons (Fsp3) is 0.167. The van der Waals surface area contributed by atoms with Crippen LogP contribution in [0, 0.1) is 11.3 Å². The number of fused-ring (bicyclic) bond motifs is 1. The third-order valence-corrected chi connectivity index (χ3v) is 6.68. The molecule has 10 nitrogen and oxygen atoms in total. The fourth-order valence-electron chi connectivity index (χ4n) is 3.41. The van der Waals surface area contributed by atoms with E-state index in [0.29, 0.717) is 30.2 Å². The van der Waals surface area contributed by atoms with Crippen LogP contribution in [0.2, 0.25) is 0 Å². The zero-order chi connectivity index (χ0) is 25.7. The van der Waals surface area contributed by atoms with Crippen LogP contribution in [0.25, 0.3) is 17.0 Å². The highest BCUT2D eigenvalue weighted by molar-refractivity contribution is 7.90. The summed E-state index contributed by atoms with van der Waals surface area (Å²) in [6.45, 7) is 0.916. The van der Waals surface area contributed by atoms with Gasteiger partial charge in [0.1, 0.15) is 29.7 Å². The Balaban J connectivity index is 1.54. The number of ether oxygens (including phenoxy) is 2. The zero-order valence-corrected chi connectivity index (χ0v) is 21.0. The Bertz CT molecular complexity index is 1600. The number of nitriles is 1. The van der Waals surface area contributed by atoms with Crippen molar-refractivity contribution in [1.82, 2.24) is 13.9 Å². The number of rotatable bonds is 9. The maximum Gasteiger partial charge on any atom is 0.268 e. The molecule has 0 fully saturated rings. The largest absolute Gasteiger partial charge is 0.497 e. The molecule has 0 spiro atoms. The van der Waals surface area contributed by atoms with Gasteiger partial charge in [0.2, 0.25) is 15.0 Å². The molecule has 0 aliphatic heterocycles. The van der Waals surface area contributed by atoms with Gasteiger partial charge in [-0.05, 0) is 24.3 Å². The first-order chi connectivity index (χ1) is 17.3. The average Bonchev–Trinajstić information content (AvgIpc) is 3.48. The Morgan fingerprint density at radius 2 is 2.00 bits per heavy atom. The highest BCUT2D eigenvalue weighted by atomic mass is 32.2. The molecule has 184 valence electrons. The van der Waals surface area contributed by atoms with E-state index >= 15 is 0 Å². The van der Waals surface area contributed by atoms with Gasteiger partial charge in [-0.1, -0.05) is 24.3 Å². The van der Waals surface area contributed by atoms with Crippen LogP contribution in [-0.4, -0.2) is 48.2 Å². The van der Waals surface area contributed by atoms with Crippen molar-refractivity contribution in [2.75, 3.05) is 25.3 Å². The number of sulfone groups is 1. The molecule has 36 heavy (non-hydrogen) atoms. The Morgan fingerprint density at radius 3 is 2.72 bits per heavy atom. The first-order valence-corrected chi connectivity index (χ1v) is 13.3. The van der Waals surface area contributed by atoms with E-state index in [-0.39, 0.29) is 15.9 Å². The normalized spacial score (nSPS) is 11.8. The van der Waals surface area contributed by atoms with Gasteiger partial charge in [0.15, 0.2) is 0 Å². The number of amides is 1. The van der Waals surface area contributed by atoms with Crippen LogP contribution in [0.4, 0.5) is 5.13 Å². The van der Waals surface area contributed by atoms with Crippen LogP contribution in [0.15, 0.2) is 65.5 Å². The number of hydrogen-bond acceptors (Lipinski definition) is 9. The summed E-state index contributed by atoms with van der Waals surface area (Å²) in [5.74, 6) is 0.673. The smallest absolute Gasteiger partial charge is 0.268 e. The van der Waals surface area contributed by atoms with Crippen molar-refractivity contribution < 1.29 is 22.7 Å². The Morgan fingerprint density at radius 1 is 1.22 bits per heavy atom. The number of nitrogens with one attached hydrogen (secondary N) is 1. The summed E-state index contributed by atoms with van der Waals surface area (Å²) in [5, 5.41) is 12.5. The predicted octanol–water partition coefficient (Wildman–Crippen LogP) is 3.53. The lowest BCUT2D eigenvalue weighted by Gasteiger charge is -2.09. The van der Waals surface area contributed by atoms with Crippen molar-refractivity contribution in [1.29, 1.82) is 5.26 Å². The monoisotopic (exact) mass is 523 g/mol. The quantitative estimate of drug-likeness (QED) is 0.260. The van der Waals surface area contributed by atoms with Gasteiger partial charge >= 0.3 is 0 Å². The van der Waals surface area contributed by atoms with Crippen LogP contribution in [0.1, 0.15) is 5.56 Å². The molecule has 2 heterocycles. The van der Waals surface area contributed by atoms with E-state index in [2.05, 4.69) is 14.7 Å². The number of nitrogens with zero attached hydrogens (tertiary/aromatic N) is 4. The average molecular weight is 524 g/mol. The summed E-state index contributed by atoms with van der Waals surface area (Å²) in [6, 6.07) is 16.9. The fourth-order valence-corrected chi connectivity index (χ4v) is 4.85. The van der Waals surface area contributed by atoms with Gasteiger partial charge in [0.05, 0.1) is 13.7 Å². The van der Waals surface area contributed by atoms with Crippen molar-refractivity contribution >= 4 is 49.4 Å². The number of hydrogen-bond donors (Lipinski definition) is 1. The minimum Gasteiger partial charge on any atom is -0.497 e. The Hall–Kier alpha value is -4.21. The van der Waals surface area contributed by atoms with Gasteiger partial charge in [-0.15, -0.1) is 0 Å². The molecule has 4 aromatic rings. The third kappa shape index (κ3) is 5.70. The van der Waals surface area contributed by atoms with E-state index in [0.717, 1.165) is 28.7 Å². The van der Waals surface area contributed by atoms with E-state index < -0.39 is 15.7 Å². The van der Waals surface area contributed by atoms with Gasteiger partial charge in [0.25, 0.3) is 11.1 Å². The minimum absolute atomic E-state index is 0.0151. The summed E-state index contributed by atoms with van der Waals surface area (Å²) >= 11 is 0.720. The number of anilines is 1. The molecule has 1 amide bonds. The summed E-state index contributed by atoms with van der Waals surface area (Å²) in [7, 11) is -2.01. The van der Waals surface area contributed by atoms with Gasteiger partial charge in [-0.2, -0.15) is 14.6 Å². The van der Waals surface area contributed by atoms with Gasteiger partial charge < -0.3 is 14.0 Å². The predicted molar refractivity (Wildman–Crippen MR) is 136 cm³/mol. The third-order valence-electron chi connectivity index (χ3n) is 5.09. The van der Waals surface area contributed by atoms with Crippen molar-refractivity contribution in [3.63, 3.8) is 0 Å². The number of benzene rings is 2. The molecule has 0 saturated heterocycles. The highest BCUT2D eigenvalue weighted by Crippen LogP contribution is 2.25. The van der Waals surface area contributed by atoms with Gasteiger partial charge in [0, 0.05) is 46.5 Å². The molecule has 0 bridgehead atoms. The van der Waals surface area contributed by atoms with Crippen LogP contribution >= 0.6 is 11.5 Å². The minimum atomic E-state index is -3.60. The van der Waals surface area contributed by atoms with E-state index in [9.17, 15) is 18.5 Å². The van der Waals surface area contributed by atoms with Crippen LogP contribution in [0.3, 0.4) is 0 Å². The number of aromatic nitrogens is 3. The van der Waals surface area contributed by atoms with Crippen LogP contribution in [0.5, 0.6) is 11.5 Å². The maximum absolute atomic E-state index is 12.7. The summed E-state index contributed by atoms with van der Waals surface area (Å²) in [4.78, 5) is 16.5. The van der Waals surface area contributed by atoms with E-state index in [4.69, 9.17) is 9.47 Å². The molecule has 0 radical (unpaired) electrons. The molecule has 0 unspecified atom stereocenters. The van der Waals surface area contributed by atoms with Gasteiger partial charge in [-0.25, -0.2) is 8.42 Å². The molecule has 2 aromatic carbocycles. The second kappa shape index (κ2) is 10.6. The highest BCUT2D eigenvalue weighted by Gasteiger charge is 2.18. The van der Waals surface area contributed by atoms with E-state index in [1.165, 1.54) is 6.08 Å².